The molecule has 1 N–H and O–H groups in total. The van der Waals surface area contributed by atoms with Gasteiger partial charge in [-0.3, -0.25) is 0 Å². The first-order valence-corrected chi connectivity index (χ1v) is 5.57. The molecule has 0 unspecified atom stereocenters. The number of pyridine rings is 1. The van der Waals surface area contributed by atoms with E-state index in [1.807, 2.05) is 19.1 Å². The number of hydrogen-bond donors (Lipinski definition) is 1. The number of para-hydroxylation sites is 1. The summed E-state index contributed by atoms with van der Waals surface area (Å²) in [6.45, 7) is 3.16. The number of anilines is 1. The molecule has 0 amide bonds. The Balaban J connectivity index is 2.63. The van der Waals surface area contributed by atoms with Crippen molar-refractivity contribution in [1.29, 1.82) is 0 Å². The number of halogens is 1. The number of hydrogen-bond acceptors (Lipinski definition) is 3. The van der Waals surface area contributed by atoms with E-state index in [0.717, 1.165) is 23.3 Å². The van der Waals surface area contributed by atoms with Crippen molar-refractivity contribution < 1.29 is 9.13 Å². The monoisotopic (exact) mass is 234 g/mol. The lowest BCUT2D eigenvalue weighted by Gasteiger charge is -2.10. The van der Waals surface area contributed by atoms with Crippen LogP contribution in [0.1, 0.15) is 12.6 Å². The quantitative estimate of drug-likeness (QED) is 0.883. The zero-order chi connectivity index (χ0) is 12.3. The number of rotatable bonds is 4. The lowest BCUT2D eigenvalue weighted by molar-refractivity contribution is 0.182. The van der Waals surface area contributed by atoms with Gasteiger partial charge >= 0.3 is 0 Å². The van der Waals surface area contributed by atoms with Crippen LogP contribution in [0.4, 0.5) is 10.1 Å². The minimum Gasteiger partial charge on any atom is -0.385 e. The molecule has 0 bridgehead atoms. The van der Waals surface area contributed by atoms with E-state index in [0.29, 0.717) is 12.1 Å². The molecule has 0 saturated heterocycles. The molecular weight excluding hydrogens is 219 g/mol. The lowest BCUT2D eigenvalue weighted by atomic mass is 10.1. The van der Waals surface area contributed by atoms with E-state index >= 15 is 0 Å². The van der Waals surface area contributed by atoms with Crippen molar-refractivity contribution in [2.75, 3.05) is 19.0 Å². The average molecular weight is 234 g/mol. The fourth-order valence-electron chi connectivity index (χ4n) is 1.83. The van der Waals surface area contributed by atoms with Gasteiger partial charge in [-0.1, -0.05) is 12.1 Å². The van der Waals surface area contributed by atoms with Gasteiger partial charge in [-0.25, -0.2) is 9.37 Å². The Hall–Kier alpha value is -1.68. The highest BCUT2D eigenvalue weighted by molar-refractivity contribution is 5.91. The summed E-state index contributed by atoms with van der Waals surface area (Å²) in [4.78, 5) is 4.27. The van der Waals surface area contributed by atoms with Crippen LogP contribution in [0, 0.1) is 5.82 Å². The number of ether oxygens (including phenoxy) is 1. The summed E-state index contributed by atoms with van der Waals surface area (Å²) >= 11 is 0. The fourth-order valence-corrected chi connectivity index (χ4v) is 1.83. The lowest BCUT2D eigenvalue weighted by Crippen LogP contribution is -2.02. The highest BCUT2D eigenvalue weighted by Gasteiger charge is 2.08. The molecule has 17 heavy (non-hydrogen) atoms. The van der Waals surface area contributed by atoms with E-state index in [4.69, 9.17) is 4.74 Å². The third kappa shape index (κ3) is 2.36. The van der Waals surface area contributed by atoms with Crippen molar-refractivity contribution in [3.05, 3.63) is 35.8 Å². The summed E-state index contributed by atoms with van der Waals surface area (Å²) in [5.74, 6) is -0.306. The van der Waals surface area contributed by atoms with Crippen LogP contribution in [0.5, 0.6) is 0 Å². The van der Waals surface area contributed by atoms with E-state index in [9.17, 15) is 4.39 Å². The van der Waals surface area contributed by atoms with Crippen LogP contribution < -0.4 is 5.32 Å². The van der Waals surface area contributed by atoms with Crippen LogP contribution in [0.3, 0.4) is 0 Å². The maximum atomic E-state index is 13.7. The normalized spacial score (nSPS) is 10.8. The number of methoxy groups -OCH3 is 1. The second kappa shape index (κ2) is 5.10. The average Bonchev–Trinajstić information content (AvgIpc) is 2.31. The Morgan fingerprint density at radius 1 is 1.41 bits per heavy atom. The molecule has 3 nitrogen and oxygen atoms in total. The van der Waals surface area contributed by atoms with Gasteiger partial charge in [0.1, 0.15) is 11.3 Å². The van der Waals surface area contributed by atoms with E-state index < -0.39 is 0 Å². The molecule has 0 atom stereocenters. The third-order valence-corrected chi connectivity index (χ3v) is 2.50. The smallest absolute Gasteiger partial charge is 0.149 e. The molecule has 0 saturated carbocycles. The zero-order valence-corrected chi connectivity index (χ0v) is 9.96. The van der Waals surface area contributed by atoms with Crippen molar-refractivity contribution in [3.8, 4) is 0 Å². The summed E-state index contributed by atoms with van der Waals surface area (Å²) in [6, 6.07) is 6.87. The maximum absolute atomic E-state index is 13.7. The zero-order valence-electron chi connectivity index (χ0n) is 9.96. The Labute approximate surface area is 99.6 Å². The molecule has 1 heterocycles. The molecule has 2 rings (SSSR count). The minimum atomic E-state index is -0.306. The van der Waals surface area contributed by atoms with Gasteiger partial charge in [0.25, 0.3) is 0 Å². The second-order valence-corrected chi connectivity index (χ2v) is 3.76. The molecule has 0 aliphatic rings. The number of benzene rings is 1. The van der Waals surface area contributed by atoms with E-state index in [-0.39, 0.29) is 5.82 Å². The van der Waals surface area contributed by atoms with Crippen LogP contribution in [0.2, 0.25) is 0 Å². The molecule has 0 spiro atoms. The number of fused-ring (bicyclic) bond motifs is 1. The molecule has 0 aliphatic heterocycles. The summed E-state index contributed by atoms with van der Waals surface area (Å²) in [6.07, 6.45) is 0. The SMILES string of the molecule is CCNc1cc(COC)nc2c(F)cccc12. The van der Waals surface area contributed by atoms with E-state index in [2.05, 4.69) is 10.3 Å². The van der Waals surface area contributed by atoms with Crippen molar-refractivity contribution in [2.45, 2.75) is 13.5 Å². The number of aromatic nitrogens is 1. The van der Waals surface area contributed by atoms with Gasteiger partial charge < -0.3 is 10.1 Å². The number of nitrogens with zero attached hydrogens (tertiary/aromatic N) is 1. The van der Waals surface area contributed by atoms with Crippen molar-refractivity contribution in [2.24, 2.45) is 0 Å². The fraction of sp³-hybridized carbons (Fsp3) is 0.308. The van der Waals surface area contributed by atoms with Gasteiger partial charge in [0.2, 0.25) is 0 Å². The van der Waals surface area contributed by atoms with Crippen LogP contribution in [0.25, 0.3) is 10.9 Å². The molecule has 1 aromatic carbocycles. The third-order valence-electron chi connectivity index (χ3n) is 2.50. The Bertz CT molecular complexity index is 528. The molecular formula is C13H15FN2O. The van der Waals surface area contributed by atoms with Crippen LogP contribution in [-0.2, 0) is 11.3 Å². The van der Waals surface area contributed by atoms with Crippen molar-refractivity contribution in [3.63, 3.8) is 0 Å². The first-order chi connectivity index (χ1) is 8.26. The summed E-state index contributed by atoms with van der Waals surface area (Å²) < 4.78 is 18.7. The predicted molar refractivity (Wildman–Crippen MR) is 66.6 cm³/mol. The van der Waals surface area contributed by atoms with Crippen LogP contribution >= 0.6 is 0 Å². The standard InChI is InChI=1S/C13H15FN2O/c1-3-15-12-7-9(8-17-2)16-13-10(12)5-4-6-11(13)14/h4-7H,3,8H2,1-2H3,(H,15,16). The predicted octanol–water partition coefficient (Wildman–Crippen LogP) is 2.95. The molecule has 90 valence electrons. The summed E-state index contributed by atoms with van der Waals surface area (Å²) in [5.41, 5.74) is 2.00. The first-order valence-electron chi connectivity index (χ1n) is 5.57. The maximum Gasteiger partial charge on any atom is 0.149 e. The highest BCUT2D eigenvalue weighted by Crippen LogP contribution is 2.25. The van der Waals surface area contributed by atoms with E-state index in [1.165, 1.54) is 6.07 Å². The first kappa shape index (κ1) is 11.8. The van der Waals surface area contributed by atoms with Gasteiger partial charge in [-0.15, -0.1) is 0 Å². The molecule has 2 aromatic rings. The molecule has 0 radical (unpaired) electrons. The minimum absolute atomic E-state index is 0.306. The Morgan fingerprint density at radius 2 is 2.24 bits per heavy atom. The van der Waals surface area contributed by atoms with Crippen molar-refractivity contribution >= 4 is 16.6 Å². The van der Waals surface area contributed by atoms with Gasteiger partial charge in [-0.2, -0.15) is 0 Å². The van der Waals surface area contributed by atoms with Gasteiger partial charge in [0.05, 0.1) is 12.3 Å². The number of nitrogens with one attached hydrogen (secondary N) is 1. The highest BCUT2D eigenvalue weighted by atomic mass is 19.1. The Kier molecular flexibility index (Phi) is 3.54. The molecule has 0 aliphatic carbocycles. The van der Waals surface area contributed by atoms with E-state index in [1.54, 1.807) is 13.2 Å². The molecule has 1 aromatic heterocycles. The summed E-state index contributed by atoms with van der Waals surface area (Å²) in [7, 11) is 1.60. The topological polar surface area (TPSA) is 34.1 Å². The van der Waals surface area contributed by atoms with Gasteiger partial charge in [0, 0.05) is 24.7 Å². The van der Waals surface area contributed by atoms with Crippen LogP contribution in [-0.4, -0.2) is 18.6 Å². The second-order valence-electron chi connectivity index (χ2n) is 3.76. The van der Waals surface area contributed by atoms with Gasteiger partial charge in [0.15, 0.2) is 0 Å². The largest absolute Gasteiger partial charge is 0.385 e. The Morgan fingerprint density at radius 3 is 2.94 bits per heavy atom. The van der Waals surface area contributed by atoms with Gasteiger partial charge in [-0.05, 0) is 19.1 Å². The van der Waals surface area contributed by atoms with Crippen molar-refractivity contribution in [1.82, 2.24) is 4.98 Å². The summed E-state index contributed by atoms with van der Waals surface area (Å²) in [5, 5.41) is 4.01. The van der Waals surface area contributed by atoms with Crippen LogP contribution in [0.15, 0.2) is 24.3 Å². The molecule has 4 heteroatoms. The molecule has 0 fully saturated rings.